The number of nitrogens with one attached hydrogen (secondary N) is 2. The van der Waals surface area contributed by atoms with E-state index in [0.717, 1.165) is 13.1 Å². The standard InChI is InChI=1S/C15H25N3/c1-12-11-14(18(2)3)6-7-15(12)17-13-5-4-9-16-10-8-13/h6-7,11,13,16-17H,4-5,8-10H2,1-3H3. The van der Waals surface area contributed by atoms with Crippen molar-refractivity contribution in [2.45, 2.75) is 32.2 Å². The molecule has 3 heteroatoms. The fourth-order valence-electron chi connectivity index (χ4n) is 2.47. The Morgan fingerprint density at radius 2 is 2.06 bits per heavy atom. The van der Waals surface area contributed by atoms with Crippen LogP contribution in [0.25, 0.3) is 0 Å². The number of rotatable bonds is 3. The minimum absolute atomic E-state index is 0.615. The highest BCUT2D eigenvalue weighted by Crippen LogP contribution is 2.23. The zero-order valence-corrected chi connectivity index (χ0v) is 11.8. The summed E-state index contributed by atoms with van der Waals surface area (Å²) in [4.78, 5) is 2.15. The van der Waals surface area contributed by atoms with E-state index in [4.69, 9.17) is 0 Å². The molecule has 2 rings (SSSR count). The summed E-state index contributed by atoms with van der Waals surface area (Å²) in [7, 11) is 4.16. The third-order valence-corrected chi connectivity index (χ3v) is 3.66. The molecule has 0 radical (unpaired) electrons. The number of hydrogen-bond acceptors (Lipinski definition) is 3. The minimum atomic E-state index is 0.615. The van der Waals surface area contributed by atoms with E-state index in [2.05, 4.69) is 54.8 Å². The van der Waals surface area contributed by atoms with Crippen LogP contribution in [-0.2, 0) is 0 Å². The SMILES string of the molecule is Cc1cc(N(C)C)ccc1NC1CCCNCC1. The van der Waals surface area contributed by atoms with Crippen molar-refractivity contribution >= 4 is 11.4 Å². The third kappa shape index (κ3) is 3.39. The van der Waals surface area contributed by atoms with Crippen molar-refractivity contribution in [2.75, 3.05) is 37.4 Å². The number of hydrogen-bond donors (Lipinski definition) is 2. The molecule has 1 aromatic rings. The Bertz CT molecular complexity index is 379. The second-order valence-electron chi connectivity index (χ2n) is 5.42. The predicted octanol–water partition coefficient (Wildman–Crippen LogP) is 2.62. The summed E-state index contributed by atoms with van der Waals surface area (Å²) in [5, 5.41) is 7.15. The molecule has 1 aromatic carbocycles. The lowest BCUT2D eigenvalue weighted by atomic mass is 10.1. The summed E-state index contributed by atoms with van der Waals surface area (Å²) in [6, 6.07) is 7.26. The quantitative estimate of drug-likeness (QED) is 0.860. The molecule has 0 aliphatic carbocycles. The Labute approximate surface area is 111 Å². The zero-order valence-electron chi connectivity index (χ0n) is 11.8. The summed E-state index contributed by atoms with van der Waals surface area (Å²) in [6.45, 7) is 4.48. The molecule has 1 fully saturated rings. The van der Waals surface area contributed by atoms with E-state index in [0.29, 0.717) is 6.04 Å². The highest BCUT2D eigenvalue weighted by Gasteiger charge is 2.12. The van der Waals surface area contributed by atoms with Gasteiger partial charge < -0.3 is 15.5 Å². The molecule has 0 amide bonds. The van der Waals surface area contributed by atoms with Gasteiger partial charge in [-0.25, -0.2) is 0 Å². The van der Waals surface area contributed by atoms with Gasteiger partial charge in [0.1, 0.15) is 0 Å². The zero-order chi connectivity index (χ0) is 13.0. The van der Waals surface area contributed by atoms with Crippen LogP contribution in [-0.4, -0.2) is 33.2 Å². The minimum Gasteiger partial charge on any atom is -0.382 e. The average molecular weight is 247 g/mol. The van der Waals surface area contributed by atoms with Crippen LogP contribution < -0.4 is 15.5 Å². The van der Waals surface area contributed by atoms with Crippen LogP contribution >= 0.6 is 0 Å². The van der Waals surface area contributed by atoms with Gasteiger partial charge >= 0.3 is 0 Å². The van der Waals surface area contributed by atoms with Gasteiger partial charge in [-0.2, -0.15) is 0 Å². The predicted molar refractivity (Wildman–Crippen MR) is 79.6 cm³/mol. The summed E-state index contributed by atoms with van der Waals surface area (Å²) < 4.78 is 0. The first-order valence-electron chi connectivity index (χ1n) is 6.92. The molecule has 0 aromatic heterocycles. The average Bonchev–Trinajstić information content (AvgIpc) is 2.60. The first-order valence-corrected chi connectivity index (χ1v) is 6.92. The monoisotopic (exact) mass is 247 g/mol. The van der Waals surface area contributed by atoms with Crippen molar-refractivity contribution in [1.29, 1.82) is 0 Å². The molecular weight excluding hydrogens is 222 g/mol. The first-order chi connectivity index (χ1) is 8.66. The second kappa shape index (κ2) is 6.10. The molecule has 1 unspecified atom stereocenters. The molecule has 0 saturated carbocycles. The van der Waals surface area contributed by atoms with E-state index >= 15 is 0 Å². The number of benzene rings is 1. The van der Waals surface area contributed by atoms with Crippen molar-refractivity contribution in [3.8, 4) is 0 Å². The van der Waals surface area contributed by atoms with E-state index in [1.165, 1.54) is 36.2 Å². The fraction of sp³-hybridized carbons (Fsp3) is 0.600. The largest absolute Gasteiger partial charge is 0.382 e. The first kappa shape index (κ1) is 13.2. The third-order valence-electron chi connectivity index (χ3n) is 3.66. The molecule has 3 nitrogen and oxygen atoms in total. The smallest absolute Gasteiger partial charge is 0.0373 e. The van der Waals surface area contributed by atoms with Crippen LogP contribution in [0.15, 0.2) is 18.2 Å². The van der Waals surface area contributed by atoms with Crippen molar-refractivity contribution in [2.24, 2.45) is 0 Å². The molecule has 0 spiro atoms. The normalized spacial score (nSPS) is 20.3. The van der Waals surface area contributed by atoms with Gasteiger partial charge in [0, 0.05) is 31.5 Å². The summed E-state index contributed by atoms with van der Waals surface area (Å²) >= 11 is 0. The van der Waals surface area contributed by atoms with E-state index in [1.807, 2.05) is 0 Å². The molecule has 1 atom stereocenters. The van der Waals surface area contributed by atoms with Gasteiger partial charge in [-0.05, 0) is 63.0 Å². The summed E-state index contributed by atoms with van der Waals surface area (Å²) in [6.07, 6.45) is 3.75. The van der Waals surface area contributed by atoms with E-state index in [9.17, 15) is 0 Å². The van der Waals surface area contributed by atoms with Crippen molar-refractivity contribution in [3.63, 3.8) is 0 Å². The Hall–Kier alpha value is -1.22. The Morgan fingerprint density at radius 1 is 1.22 bits per heavy atom. The van der Waals surface area contributed by atoms with Gasteiger partial charge in [0.2, 0.25) is 0 Å². The second-order valence-corrected chi connectivity index (χ2v) is 5.42. The van der Waals surface area contributed by atoms with Crippen LogP contribution in [0.4, 0.5) is 11.4 Å². The molecule has 2 N–H and O–H groups in total. The van der Waals surface area contributed by atoms with Gasteiger partial charge in [-0.3, -0.25) is 0 Å². The van der Waals surface area contributed by atoms with Crippen LogP contribution in [0.1, 0.15) is 24.8 Å². The van der Waals surface area contributed by atoms with E-state index in [1.54, 1.807) is 0 Å². The maximum absolute atomic E-state index is 3.70. The van der Waals surface area contributed by atoms with E-state index in [-0.39, 0.29) is 0 Å². The molecule has 1 aliphatic rings. The van der Waals surface area contributed by atoms with Gasteiger partial charge in [0.25, 0.3) is 0 Å². The lowest BCUT2D eigenvalue weighted by molar-refractivity contribution is 0.637. The topological polar surface area (TPSA) is 27.3 Å². The lowest BCUT2D eigenvalue weighted by Gasteiger charge is -2.21. The summed E-state index contributed by atoms with van der Waals surface area (Å²) in [5.41, 5.74) is 3.88. The lowest BCUT2D eigenvalue weighted by Crippen LogP contribution is -2.22. The Balaban J connectivity index is 2.04. The van der Waals surface area contributed by atoms with Gasteiger partial charge in [0.05, 0.1) is 0 Å². The molecule has 0 bridgehead atoms. The van der Waals surface area contributed by atoms with Crippen LogP contribution in [0, 0.1) is 6.92 Å². The van der Waals surface area contributed by atoms with Crippen molar-refractivity contribution in [3.05, 3.63) is 23.8 Å². The van der Waals surface area contributed by atoms with Crippen LogP contribution in [0.5, 0.6) is 0 Å². The van der Waals surface area contributed by atoms with Crippen molar-refractivity contribution < 1.29 is 0 Å². The van der Waals surface area contributed by atoms with Crippen LogP contribution in [0.2, 0.25) is 0 Å². The summed E-state index contributed by atoms with van der Waals surface area (Å²) in [5.74, 6) is 0. The maximum Gasteiger partial charge on any atom is 0.0373 e. The highest BCUT2D eigenvalue weighted by atomic mass is 15.1. The number of anilines is 2. The molecule has 1 saturated heterocycles. The fourth-order valence-corrected chi connectivity index (χ4v) is 2.47. The number of nitrogens with zero attached hydrogens (tertiary/aromatic N) is 1. The van der Waals surface area contributed by atoms with Gasteiger partial charge in [-0.15, -0.1) is 0 Å². The number of aryl methyl sites for hydroxylation is 1. The van der Waals surface area contributed by atoms with E-state index < -0.39 is 0 Å². The molecule has 1 aliphatic heterocycles. The maximum atomic E-state index is 3.70. The molecular formula is C15H25N3. The molecule has 1 heterocycles. The Morgan fingerprint density at radius 3 is 2.78 bits per heavy atom. The highest BCUT2D eigenvalue weighted by molar-refractivity contribution is 5.60. The molecule has 18 heavy (non-hydrogen) atoms. The van der Waals surface area contributed by atoms with Crippen molar-refractivity contribution in [1.82, 2.24) is 5.32 Å². The van der Waals surface area contributed by atoms with Crippen LogP contribution in [0.3, 0.4) is 0 Å². The Kier molecular flexibility index (Phi) is 4.48. The van der Waals surface area contributed by atoms with Gasteiger partial charge in [0.15, 0.2) is 0 Å². The van der Waals surface area contributed by atoms with Gasteiger partial charge in [-0.1, -0.05) is 0 Å². The molecule has 100 valence electrons.